The summed E-state index contributed by atoms with van der Waals surface area (Å²) in [6, 6.07) is 2.33. The lowest BCUT2D eigenvalue weighted by molar-refractivity contribution is -0.133. The summed E-state index contributed by atoms with van der Waals surface area (Å²) in [7, 11) is 2.01. The van der Waals surface area contributed by atoms with Crippen molar-refractivity contribution in [1.82, 2.24) is 15.1 Å². The molecule has 2 saturated heterocycles. The van der Waals surface area contributed by atoms with E-state index >= 15 is 0 Å². The number of nitrogens with one attached hydrogen (secondary N) is 1. The highest BCUT2D eigenvalue weighted by Gasteiger charge is 2.39. The number of hydrogen-bond donors (Lipinski definition) is 1. The van der Waals surface area contributed by atoms with Crippen molar-refractivity contribution in [3.05, 3.63) is 0 Å². The van der Waals surface area contributed by atoms with Crippen LogP contribution in [0.4, 0.5) is 4.79 Å². The molecule has 1 saturated carbocycles. The highest BCUT2D eigenvalue weighted by molar-refractivity contribution is 5.84. The van der Waals surface area contributed by atoms with Gasteiger partial charge in [0.2, 0.25) is 0 Å². The predicted molar refractivity (Wildman–Crippen MR) is 116 cm³/mol. The van der Waals surface area contributed by atoms with E-state index in [1.807, 2.05) is 7.05 Å². The van der Waals surface area contributed by atoms with Crippen molar-refractivity contribution in [2.45, 2.75) is 70.4 Å². The second-order valence-corrected chi connectivity index (χ2v) is 10.3. The maximum absolute atomic E-state index is 13.3. The fraction of sp³-hybridized carbons (Fsp3) is 0.870. The standard InChI is InChI=1S/C23H38N4O4/c1-22(2)6-4-18(5-7-22)16-19(31-21(29)27-12-14-30-15-13-27)20(28)25-23(17-24)8-10-26(3)11-9-23/h18-19H,4-16H2,1-3H3,(H,25,28). The highest BCUT2D eigenvalue weighted by atomic mass is 16.6. The Hall–Kier alpha value is -1.85. The van der Waals surface area contributed by atoms with E-state index in [0.29, 0.717) is 56.9 Å². The van der Waals surface area contributed by atoms with E-state index in [4.69, 9.17) is 9.47 Å². The average molecular weight is 435 g/mol. The van der Waals surface area contributed by atoms with Crippen molar-refractivity contribution in [2.24, 2.45) is 11.3 Å². The number of likely N-dealkylation sites (tertiary alicyclic amines) is 1. The minimum atomic E-state index is -0.887. The van der Waals surface area contributed by atoms with Crippen LogP contribution in [0.15, 0.2) is 0 Å². The van der Waals surface area contributed by atoms with Gasteiger partial charge in [0.05, 0.1) is 19.3 Å². The second kappa shape index (κ2) is 10.2. The Kier molecular flexibility index (Phi) is 7.82. The number of ether oxygens (including phenoxy) is 2. The zero-order valence-corrected chi connectivity index (χ0v) is 19.3. The minimum absolute atomic E-state index is 0.331. The van der Waals surface area contributed by atoms with E-state index in [1.165, 1.54) is 0 Å². The molecule has 1 aliphatic carbocycles. The first kappa shape index (κ1) is 23.8. The molecule has 0 radical (unpaired) electrons. The molecule has 8 nitrogen and oxygen atoms in total. The van der Waals surface area contributed by atoms with Gasteiger partial charge in [-0.25, -0.2) is 4.79 Å². The first-order chi connectivity index (χ1) is 14.7. The van der Waals surface area contributed by atoms with E-state index in [0.717, 1.165) is 38.8 Å². The van der Waals surface area contributed by atoms with Crippen LogP contribution in [0.2, 0.25) is 0 Å². The zero-order valence-electron chi connectivity index (χ0n) is 19.3. The summed E-state index contributed by atoms with van der Waals surface area (Å²) in [5.41, 5.74) is -0.556. The van der Waals surface area contributed by atoms with Crippen LogP contribution in [0.5, 0.6) is 0 Å². The molecule has 1 N–H and O–H groups in total. The third-order valence-corrected chi connectivity index (χ3v) is 7.23. The molecular weight excluding hydrogens is 396 g/mol. The number of nitrogens with zero attached hydrogens (tertiary/aromatic N) is 3. The Morgan fingerprint density at radius 2 is 1.74 bits per heavy atom. The first-order valence-electron chi connectivity index (χ1n) is 11.7. The lowest BCUT2D eigenvalue weighted by Crippen LogP contribution is -2.57. The van der Waals surface area contributed by atoms with Gasteiger partial charge in [0.25, 0.3) is 5.91 Å². The van der Waals surface area contributed by atoms with Crippen molar-refractivity contribution in [1.29, 1.82) is 5.26 Å². The van der Waals surface area contributed by atoms with Crippen LogP contribution >= 0.6 is 0 Å². The topological polar surface area (TPSA) is 94.9 Å². The quantitative estimate of drug-likeness (QED) is 0.715. The van der Waals surface area contributed by atoms with Crippen molar-refractivity contribution in [3.8, 4) is 6.07 Å². The Bertz CT molecular complexity index is 666. The molecule has 174 valence electrons. The van der Waals surface area contributed by atoms with Crippen molar-refractivity contribution >= 4 is 12.0 Å². The third kappa shape index (κ3) is 6.56. The second-order valence-electron chi connectivity index (χ2n) is 10.3. The SMILES string of the molecule is CN1CCC(C#N)(NC(=O)C(CC2CCC(C)(C)CC2)OC(=O)N2CCOCC2)CC1. The van der Waals surface area contributed by atoms with Gasteiger partial charge in [-0.15, -0.1) is 0 Å². The van der Waals surface area contributed by atoms with Crippen LogP contribution in [0.25, 0.3) is 0 Å². The maximum Gasteiger partial charge on any atom is 0.410 e. The Morgan fingerprint density at radius 1 is 1.13 bits per heavy atom. The van der Waals surface area contributed by atoms with Gasteiger partial charge in [0.15, 0.2) is 6.10 Å². The van der Waals surface area contributed by atoms with Gasteiger partial charge in [-0.1, -0.05) is 13.8 Å². The normalized spacial score (nSPS) is 25.3. The van der Waals surface area contributed by atoms with Crippen molar-refractivity contribution in [3.63, 3.8) is 0 Å². The molecule has 3 fully saturated rings. The van der Waals surface area contributed by atoms with Crippen molar-refractivity contribution in [2.75, 3.05) is 46.4 Å². The Balaban J connectivity index is 1.67. The van der Waals surface area contributed by atoms with Gasteiger partial charge in [0, 0.05) is 26.2 Å². The number of rotatable bonds is 5. The maximum atomic E-state index is 13.3. The molecule has 0 aromatic carbocycles. The molecule has 3 aliphatic rings. The van der Waals surface area contributed by atoms with E-state index in [2.05, 4.69) is 30.1 Å². The van der Waals surface area contributed by atoms with E-state index in [9.17, 15) is 14.9 Å². The van der Waals surface area contributed by atoms with Gasteiger partial charge in [-0.2, -0.15) is 5.26 Å². The molecule has 2 aliphatic heterocycles. The summed E-state index contributed by atoms with van der Waals surface area (Å²) in [6.07, 6.45) is 4.61. The summed E-state index contributed by atoms with van der Waals surface area (Å²) < 4.78 is 11.1. The number of morpholine rings is 1. The minimum Gasteiger partial charge on any atom is -0.436 e. The van der Waals surface area contributed by atoms with Gasteiger partial charge in [0.1, 0.15) is 5.54 Å². The summed E-state index contributed by atoms with van der Waals surface area (Å²) in [4.78, 5) is 29.8. The van der Waals surface area contributed by atoms with Gasteiger partial charge in [-0.3, -0.25) is 4.79 Å². The fourth-order valence-corrected chi connectivity index (χ4v) is 4.73. The smallest absolute Gasteiger partial charge is 0.410 e. The lowest BCUT2D eigenvalue weighted by atomic mass is 9.72. The average Bonchev–Trinajstić information content (AvgIpc) is 2.77. The molecule has 31 heavy (non-hydrogen) atoms. The largest absolute Gasteiger partial charge is 0.436 e. The summed E-state index contributed by atoms with van der Waals surface area (Å²) in [6.45, 7) is 7.97. The molecule has 2 amide bonds. The fourth-order valence-electron chi connectivity index (χ4n) is 4.73. The zero-order chi connectivity index (χ0) is 22.5. The van der Waals surface area contributed by atoms with Gasteiger partial charge in [-0.05, 0) is 63.3 Å². The molecule has 2 heterocycles. The molecule has 3 rings (SSSR count). The predicted octanol–water partition coefficient (Wildman–Crippen LogP) is 2.53. The number of carbonyl (C=O) groups is 2. The monoisotopic (exact) mass is 434 g/mol. The molecule has 8 heteroatoms. The Morgan fingerprint density at radius 3 is 2.32 bits per heavy atom. The van der Waals surface area contributed by atoms with Crippen LogP contribution in [-0.2, 0) is 14.3 Å². The van der Waals surface area contributed by atoms with Crippen LogP contribution in [0.3, 0.4) is 0 Å². The number of hydrogen-bond acceptors (Lipinski definition) is 6. The first-order valence-corrected chi connectivity index (χ1v) is 11.7. The van der Waals surface area contributed by atoms with Gasteiger partial charge >= 0.3 is 6.09 Å². The van der Waals surface area contributed by atoms with Crippen LogP contribution in [0, 0.1) is 22.7 Å². The summed E-state index contributed by atoms with van der Waals surface area (Å²) >= 11 is 0. The number of nitriles is 1. The van der Waals surface area contributed by atoms with E-state index < -0.39 is 17.7 Å². The van der Waals surface area contributed by atoms with Crippen molar-refractivity contribution < 1.29 is 19.1 Å². The Labute approximate surface area is 186 Å². The molecule has 0 aromatic heterocycles. The van der Waals surface area contributed by atoms with Crippen LogP contribution in [0.1, 0.15) is 58.8 Å². The lowest BCUT2D eigenvalue weighted by Gasteiger charge is -2.38. The molecular formula is C23H38N4O4. The molecule has 1 atom stereocenters. The van der Waals surface area contributed by atoms with E-state index in [-0.39, 0.29) is 5.91 Å². The summed E-state index contributed by atoms with van der Waals surface area (Å²) in [5, 5.41) is 12.8. The molecule has 0 spiro atoms. The number of carbonyl (C=O) groups excluding carboxylic acids is 2. The molecule has 0 bridgehead atoms. The number of amides is 2. The molecule has 1 unspecified atom stereocenters. The third-order valence-electron chi connectivity index (χ3n) is 7.23. The van der Waals surface area contributed by atoms with Crippen LogP contribution < -0.4 is 5.32 Å². The number of piperidine rings is 1. The van der Waals surface area contributed by atoms with Gasteiger partial charge < -0.3 is 24.6 Å². The van der Waals surface area contributed by atoms with E-state index in [1.54, 1.807) is 4.90 Å². The van der Waals surface area contributed by atoms with Crippen LogP contribution in [-0.4, -0.2) is 79.9 Å². The summed E-state index contributed by atoms with van der Waals surface area (Å²) in [5.74, 6) is 0.00864. The molecule has 0 aromatic rings. The highest BCUT2D eigenvalue weighted by Crippen LogP contribution is 2.40.